The van der Waals surface area contributed by atoms with E-state index in [9.17, 15) is 14.4 Å². The minimum absolute atomic E-state index is 0.196. The molecule has 0 unspecified atom stereocenters. The molecule has 2 aromatic rings. The van der Waals surface area contributed by atoms with Crippen LogP contribution < -0.4 is 14.8 Å². The van der Waals surface area contributed by atoms with Crippen molar-refractivity contribution in [3.63, 3.8) is 0 Å². The Kier molecular flexibility index (Phi) is 6.08. The molecule has 1 N–H and O–H groups in total. The molecule has 0 atom stereocenters. The summed E-state index contributed by atoms with van der Waals surface area (Å²) in [4.78, 5) is 34.6. The quantitative estimate of drug-likeness (QED) is 0.479. The molecule has 2 rings (SSSR count). The first kappa shape index (κ1) is 17.2. The molecular weight excluding hydrogens is 310 g/mol. The number of aldehydes is 1. The summed E-state index contributed by atoms with van der Waals surface area (Å²) < 4.78 is 10.5. The van der Waals surface area contributed by atoms with E-state index >= 15 is 0 Å². The van der Waals surface area contributed by atoms with E-state index < -0.39 is 5.97 Å². The van der Waals surface area contributed by atoms with Crippen molar-refractivity contribution in [2.75, 3.05) is 13.2 Å². The normalized spacial score (nSPS) is 9.88. The van der Waals surface area contributed by atoms with Crippen molar-refractivity contribution < 1.29 is 23.9 Å². The van der Waals surface area contributed by atoms with Crippen LogP contribution in [0.1, 0.15) is 27.6 Å². The Labute approximate surface area is 139 Å². The maximum absolute atomic E-state index is 11.9. The lowest BCUT2D eigenvalue weighted by atomic mass is 10.2. The van der Waals surface area contributed by atoms with Gasteiger partial charge in [-0.3, -0.25) is 9.59 Å². The number of ether oxygens (including phenoxy) is 2. The predicted octanol–water partition coefficient (Wildman–Crippen LogP) is 2.23. The zero-order valence-corrected chi connectivity index (χ0v) is 13.2. The van der Waals surface area contributed by atoms with E-state index in [1.54, 1.807) is 37.3 Å². The molecule has 124 valence electrons. The Morgan fingerprint density at radius 2 is 1.83 bits per heavy atom. The highest BCUT2D eigenvalue weighted by Gasteiger charge is 2.13. The van der Waals surface area contributed by atoms with Crippen molar-refractivity contribution in [1.29, 1.82) is 0 Å². The van der Waals surface area contributed by atoms with E-state index in [0.717, 1.165) is 0 Å². The Bertz CT molecular complexity index is 727. The second-order valence-electron chi connectivity index (χ2n) is 4.78. The Morgan fingerprint density at radius 3 is 2.50 bits per heavy atom. The molecule has 0 fully saturated rings. The Hall–Kier alpha value is -3.15. The monoisotopic (exact) mass is 327 g/mol. The molecule has 0 saturated heterocycles. The smallest absolute Gasteiger partial charge is 0.330 e. The van der Waals surface area contributed by atoms with Crippen molar-refractivity contribution in [2.24, 2.45) is 0 Å². The molecule has 1 amide bonds. The molecule has 0 aliphatic rings. The fourth-order valence-electron chi connectivity index (χ4n) is 1.95. The standard InChI is InChI=1S/C18H17NO5/c1-2-23-16-10-13(12-20)8-9-15(16)24-17(21)11-19-18(22)14-6-4-3-5-7-14/h3-10,12H,2,11H2,1H3,(H,19,22). The number of hydrogen-bond donors (Lipinski definition) is 1. The van der Waals surface area contributed by atoms with Crippen LogP contribution in [0.2, 0.25) is 0 Å². The lowest BCUT2D eigenvalue weighted by Crippen LogP contribution is -2.31. The Morgan fingerprint density at radius 1 is 1.08 bits per heavy atom. The number of nitrogens with one attached hydrogen (secondary N) is 1. The van der Waals surface area contributed by atoms with Crippen LogP contribution >= 0.6 is 0 Å². The highest BCUT2D eigenvalue weighted by molar-refractivity contribution is 5.96. The molecule has 0 saturated carbocycles. The molecule has 0 bridgehead atoms. The maximum Gasteiger partial charge on any atom is 0.330 e. The summed E-state index contributed by atoms with van der Waals surface area (Å²) in [7, 11) is 0. The SMILES string of the molecule is CCOc1cc(C=O)ccc1OC(=O)CNC(=O)c1ccccc1. The summed E-state index contributed by atoms with van der Waals surface area (Å²) in [6, 6.07) is 13.0. The molecule has 0 heterocycles. The van der Waals surface area contributed by atoms with Crippen molar-refractivity contribution in [1.82, 2.24) is 5.32 Å². The molecule has 0 aliphatic heterocycles. The van der Waals surface area contributed by atoms with Gasteiger partial charge >= 0.3 is 5.97 Å². The fraction of sp³-hybridized carbons (Fsp3) is 0.167. The van der Waals surface area contributed by atoms with E-state index in [2.05, 4.69) is 5.32 Å². The summed E-state index contributed by atoms with van der Waals surface area (Å²) in [5, 5.41) is 2.48. The average molecular weight is 327 g/mol. The zero-order chi connectivity index (χ0) is 17.4. The molecule has 0 spiro atoms. The summed E-state index contributed by atoms with van der Waals surface area (Å²) in [5.41, 5.74) is 0.867. The molecule has 0 radical (unpaired) electrons. The fourth-order valence-corrected chi connectivity index (χ4v) is 1.95. The van der Waals surface area contributed by atoms with Crippen LogP contribution in [-0.4, -0.2) is 31.3 Å². The van der Waals surface area contributed by atoms with Gasteiger partial charge in [0.2, 0.25) is 0 Å². The number of hydrogen-bond acceptors (Lipinski definition) is 5. The number of amides is 1. The first-order chi connectivity index (χ1) is 11.6. The molecule has 24 heavy (non-hydrogen) atoms. The van der Waals surface area contributed by atoms with E-state index in [0.29, 0.717) is 29.8 Å². The summed E-state index contributed by atoms with van der Waals surface area (Å²) in [6.07, 6.45) is 0.675. The van der Waals surface area contributed by atoms with Gasteiger partial charge in [0.15, 0.2) is 11.5 Å². The van der Waals surface area contributed by atoms with Crippen molar-refractivity contribution >= 4 is 18.2 Å². The van der Waals surface area contributed by atoms with E-state index in [1.165, 1.54) is 18.2 Å². The van der Waals surface area contributed by atoms with Crippen molar-refractivity contribution in [3.8, 4) is 11.5 Å². The second kappa shape index (κ2) is 8.47. The molecule has 6 heteroatoms. The van der Waals surface area contributed by atoms with Gasteiger partial charge in [-0.25, -0.2) is 4.79 Å². The maximum atomic E-state index is 11.9. The van der Waals surface area contributed by atoms with Crippen LogP contribution in [0, 0.1) is 0 Å². The first-order valence-corrected chi connectivity index (χ1v) is 7.40. The van der Waals surface area contributed by atoms with Gasteiger partial charge in [0.25, 0.3) is 5.91 Å². The van der Waals surface area contributed by atoms with Crippen molar-refractivity contribution in [2.45, 2.75) is 6.92 Å². The Balaban J connectivity index is 1.97. The topological polar surface area (TPSA) is 81.7 Å². The molecular formula is C18H17NO5. The van der Waals surface area contributed by atoms with Crippen LogP contribution in [0.25, 0.3) is 0 Å². The van der Waals surface area contributed by atoms with Gasteiger partial charge < -0.3 is 14.8 Å². The number of carbonyl (C=O) groups excluding carboxylic acids is 3. The highest BCUT2D eigenvalue weighted by Crippen LogP contribution is 2.28. The first-order valence-electron chi connectivity index (χ1n) is 7.40. The van der Waals surface area contributed by atoms with E-state index in [1.807, 2.05) is 0 Å². The third-order valence-electron chi connectivity index (χ3n) is 3.06. The number of carbonyl (C=O) groups is 3. The van der Waals surface area contributed by atoms with Gasteiger partial charge in [-0.15, -0.1) is 0 Å². The molecule has 0 aromatic heterocycles. The van der Waals surface area contributed by atoms with Gasteiger partial charge in [0, 0.05) is 11.1 Å². The van der Waals surface area contributed by atoms with Gasteiger partial charge in [-0.1, -0.05) is 18.2 Å². The lowest BCUT2D eigenvalue weighted by Gasteiger charge is -2.11. The largest absolute Gasteiger partial charge is 0.490 e. The van der Waals surface area contributed by atoms with Crippen molar-refractivity contribution in [3.05, 3.63) is 59.7 Å². The third-order valence-corrected chi connectivity index (χ3v) is 3.06. The van der Waals surface area contributed by atoms with Gasteiger partial charge in [-0.2, -0.15) is 0 Å². The van der Waals surface area contributed by atoms with E-state index in [4.69, 9.17) is 9.47 Å². The number of benzene rings is 2. The van der Waals surface area contributed by atoms with Crippen LogP contribution in [0.5, 0.6) is 11.5 Å². The predicted molar refractivity (Wildman–Crippen MR) is 87.4 cm³/mol. The number of esters is 1. The van der Waals surface area contributed by atoms with Gasteiger partial charge in [0.05, 0.1) is 6.61 Å². The number of rotatable bonds is 7. The average Bonchev–Trinajstić information content (AvgIpc) is 2.62. The van der Waals surface area contributed by atoms with Gasteiger partial charge in [-0.05, 0) is 37.3 Å². The minimum atomic E-state index is -0.640. The molecule has 0 aliphatic carbocycles. The second-order valence-corrected chi connectivity index (χ2v) is 4.78. The van der Waals surface area contributed by atoms with Crippen LogP contribution in [0.4, 0.5) is 0 Å². The minimum Gasteiger partial charge on any atom is -0.490 e. The summed E-state index contributed by atoms with van der Waals surface area (Å²) in [5.74, 6) is -0.515. The third kappa shape index (κ3) is 4.67. The van der Waals surface area contributed by atoms with Crippen LogP contribution in [-0.2, 0) is 4.79 Å². The van der Waals surface area contributed by atoms with E-state index in [-0.39, 0.29) is 18.2 Å². The van der Waals surface area contributed by atoms with Gasteiger partial charge in [0.1, 0.15) is 12.8 Å². The summed E-state index contributed by atoms with van der Waals surface area (Å²) >= 11 is 0. The highest BCUT2D eigenvalue weighted by atomic mass is 16.6. The summed E-state index contributed by atoms with van der Waals surface area (Å²) in [6.45, 7) is 1.85. The lowest BCUT2D eigenvalue weighted by molar-refractivity contribution is -0.133. The van der Waals surface area contributed by atoms with Crippen LogP contribution in [0.3, 0.4) is 0 Å². The molecule has 6 nitrogen and oxygen atoms in total. The van der Waals surface area contributed by atoms with Crippen LogP contribution in [0.15, 0.2) is 48.5 Å². The molecule has 2 aromatic carbocycles. The zero-order valence-electron chi connectivity index (χ0n) is 13.2.